The molecule has 3 aromatic heterocycles. The van der Waals surface area contributed by atoms with Crippen LogP contribution in [0.3, 0.4) is 0 Å². The Morgan fingerprint density at radius 2 is 2.19 bits per heavy atom. The highest BCUT2D eigenvalue weighted by Gasteiger charge is 2.29. The summed E-state index contributed by atoms with van der Waals surface area (Å²) in [5, 5.41) is 4.40. The van der Waals surface area contributed by atoms with Crippen LogP contribution in [0.4, 0.5) is 0 Å². The van der Waals surface area contributed by atoms with Crippen molar-refractivity contribution in [1.82, 2.24) is 24.6 Å². The Kier molecular flexibility index (Phi) is 4.35. The molecule has 0 saturated carbocycles. The molecule has 1 aliphatic heterocycles. The summed E-state index contributed by atoms with van der Waals surface area (Å²) in [7, 11) is 0. The van der Waals surface area contributed by atoms with Crippen LogP contribution in [0, 0.1) is 6.92 Å². The van der Waals surface area contributed by atoms with Gasteiger partial charge in [0.1, 0.15) is 12.6 Å². The number of hydrogen-bond donors (Lipinski definition) is 0. The average molecular weight is 349 g/mol. The Bertz CT molecular complexity index is 909. The minimum Gasteiger partial charge on any atom is -0.475 e. The van der Waals surface area contributed by atoms with Crippen molar-refractivity contribution in [3.63, 3.8) is 0 Å². The second-order valence-corrected chi connectivity index (χ2v) is 6.34. The molecule has 4 heterocycles. The highest BCUT2D eigenvalue weighted by Crippen LogP contribution is 2.23. The lowest BCUT2D eigenvalue weighted by atomic mass is 10.1. The van der Waals surface area contributed by atoms with Gasteiger partial charge in [-0.15, -0.1) is 0 Å². The van der Waals surface area contributed by atoms with Gasteiger partial charge < -0.3 is 9.64 Å². The largest absolute Gasteiger partial charge is 0.475 e. The summed E-state index contributed by atoms with van der Waals surface area (Å²) in [4.78, 5) is 23.0. The van der Waals surface area contributed by atoms with Gasteiger partial charge in [-0.3, -0.25) is 14.5 Å². The van der Waals surface area contributed by atoms with E-state index in [9.17, 15) is 4.79 Å². The molecule has 0 N–H and O–H groups in total. The zero-order chi connectivity index (χ0) is 17.9. The summed E-state index contributed by atoms with van der Waals surface area (Å²) in [6.45, 7) is 3.36. The second-order valence-electron chi connectivity index (χ2n) is 6.34. The van der Waals surface area contributed by atoms with E-state index < -0.39 is 0 Å². The molecule has 4 rings (SSSR count). The number of carbonyl (C=O) groups excluding carboxylic acids is 1. The molecule has 0 radical (unpaired) electrons. The maximum Gasteiger partial charge on any atom is 0.255 e. The third-order valence-corrected chi connectivity index (χ3v) is 4.35. The van der Waals surface area contributed by atoms with Crippen molar-refractivity contribution in [3.05, 3.63) is 71.9 Å². The smallest absolute Gasteiger partial charge is 0.255 e. The zero-order valence-electron chi connectivity index (χ0n) is 14.4. The minimum absolute atomic E-state index is 0.0310. The molecule has 0 aliphatic carbocycles. The standard InChI is InChI=1S/C19H19N5O2/c1-14-8-15(10-20-9-14)19(25)23-11-16-5-7-22-24(16)17(12-23)13-26-18-4-2-3-6-21-18/h2-10,17H,11-13H2,1H3. The van der Waals surface area contributed by atoms with Crippen LogP contribution in [0.25, 0.3) is 0 Å². The Morgan fingerprint density at radius 1 is 1.27 bits per heavy atom. The number of hydrogen-bond acceptors (Lipinski definition) is 5. The molecule has 0 saturated heterocycles. The number of fused-ring (bicyclic) bond motifs is 1. The van der Waals surface area contributed by atoms with Crippen molar-refractivity contribution < 1.29 is 9.53 Å². The lowest BCUT2D eigenvalue weighted by Crippen LogP contribution is -2.43. The third kappa shape index (κ3) is 3.28. The number of pyridine rings is 2. The molecular formula is C19H19N5O2. The normalized spacial score (nSPS) is 16.2. The second kappa shape index (κ2) is 6.95. The summed E-state index contributed by atoms with van der Waals surface area (Å²) in [5.74, 6) is 0.532. The van der Waals surface area contributed by atoms with Crippen LogP contribution < -0.4 is 4.74 Å². The Labute approximate surface area is 151 Å². The zero-order valence-corrected chi connectivity index (χ0v) is 14.4. The van der Waals surface area contributed by atoms with Gasteiger partial charge in [0.25, 0.3) is 5.91 Å². The van der Waals surface area contributed by atoms with Crippen LogP contribution in [0.5, 0.6) is 5.88 Å². The number of amides is 1. The summed E-state index contributed by atoms with van der Waals surface area (Å²) in [5.41, 5.74) is 2.55. The topological polar surface area (TPSA) is 73.1 Å². The first kappa shape index (κ1) is 16.3. The molecule has 1 aliphatic rings. The maximum atomic E-state index is 12.9. The van der Waals surface area contributed by atoms with Gasteiger partial charge in [-0.05, 0) is 30.7 Å². The fourth-order valence-corrected chi connectivity index (χ4v) is 3.13. The predicted molar refractivity (Wildman–Crippen MR) is 94.7 cm³/mol. The molecule has 1 atom stereocenters. The molecule has 0 fully saturated rings. The van der Waals surface area contributed by atoms with Gasteiger partial charge in [-0.2, -0.15) is 5.10 Å². The van der Waals surface area contributed by atoms with Crippen molar-refractivity contribution in [3.8, 4) is 5.88 Å². The third-order valence-electron chi connectivity index (χ3n) is 4.35. The highest BCUT2D eigenvalue weighted by molar-refractivity contribution is 5.94. The van der Waals surface area contributed by atoms with Gasteiger partial charge >= 0.3 is 0 Å². The van der Waals surface area contributed by atoms with Gasteiger partial charge in [0.05, 0.1) is 17.8 Å². The molecule has 7 heteroatoms. The first-order chi connectivity index (χ1) is 12.7. The molecule has 0 spiro atoms. The first-order valence-electron chi connectivity index (χ1n) is 8.48. The summed E-state index contributed by atoms with van der Waals surface area (Å²) < 4.78 is 7.73. The molecule has 26 heavy (non-hydrogen) atoms. The van der Waals surface area contributed by atoms with Crippen LogP contribution in [0.1, 0.15) is 27.7 Å². The number of carbonyl (C=O) groups is 1. The summed E-state index contributed by atoms with van der Waals surface area (Å²) in [6, 6.07) is 9.26. The van der Waals surface area contributed by atoms with E-state index in [1.165, 1.54) is 0 Å². The fraction of sp³-hybridized carbons (Fsp3) is 0.263. The van der Waals surface area contributed by atoms with E-state index in [4.69, 9.17) is 4.74 Å². The number of nitrogens with zero attached hydrogens (tertiary/aromatic N) is 5. The number of rotatable bonds is 4. The SMILES string of the molecule is Cc1cncc(C(=O)N2Cc3ccnn3C(COc3ccccn3)C2)c1. The predicted octanol–water partition coefficient (Wildman–Crippen LogP) is 2.26. The molecule has 3 aromatic rings. The van der Waals surface area contributed by atoms with Crippen LogP contribution in [0.2, 0.25) is 0 Å². The van der Waals surface area contributed by atoms with Gasteiger partial charge in [-0.1, -0.05) is 6.07 Å². The van der Waals surface area contributed by atoms with Crippen molar-refractivity contribution in [2.75, 3.05) is 13.2 Å². The van der Waals surface area contributed by atoms with Gasteiger partial charge in [0.2, 0.25) is 5.88 Å². The van der Waals surface area contributed by atoms with E-state index in [1.807, 2.05) is 46.8 Å². The van der Waals surface area contributed by atoms with Gasteiger partial charge in [0, 0.05) is 37.4 Å². The molecule has 7 nitrogen and oxygen atoms in total. The van der Waals surface area contributed by atoms with E-state index in [2.05, 4.69) is 15.1 Å². The lowest BCUT2D eigenvalue weighted by Gasteiger charge is -2.33. The molecule has 132 valence electrons. The van der Waals surface area contributed by atoms with Crippen molar-refractivity contribution in [2.45, 2.75) is 19.5 Å². The van der Waals surface area contributed by atoms with Crippen LogP contribution in [-0.4, -0.2) is 43.7 Å². The number of aryl methyl sites for hydroxylation is 1. The average Bonchev–Trinajstić information content (AvgIpc) is 3.15. The van der Waals surface area contributed by atoms with Crippen LogP contribution in [-0.2, 0) is 6.54 Å². The molecule has 0 aromatic carbocycles. The molecule has 1 unspecified atom stereocenters. The van der Waals surface area contributed by atoms with E-state index in [0.717, 1.165) is 11.3 Å². The van der Waals surface area contributed by atoms with Crippen LogP contribution in [0.15, 0.2) is 55.1 Å². The summed E-state index contributed by atoms with van der Waals surface area (Å²) >= 11 is 0. The maximum absolute atomic E-state index is 12.9. The van der Waals surface area contributed by atoms with E-state index in [-0.39, 0.29) is 11.9 Å². The Hall–Kier alpha value is -3.22. The van der Waals surface area contributed by atoms with E-state index in [0.29, 0.717) is 31.1 Å². The lowest BCUT2D eigenvalue weighted by molar-refractivity contribution is 0.0631. The van der Waals surface area contributed by atoms with Crippen molar-refractivity contribution in [1.29, 1.82) is 0 Å². The van der Waals surface area contributed by atoms with Crippen molar-refractivity contribution in [2.24, 2.45) is 0 Å². The van der Waals surface area contributed by atoms with Gasteiger partial charge in [0.15, 0.2) is 0 Å². The van der Waals surface area contributed by atoms with E-state index >= 15 is 0 Å². The Morgan fingerprint density at radius 3 is 3.00 bits per heavy atom. The number of ether oxygens (including phenoxy) is 1. The van der Waals surface area contributed by atoms with E-state index in [1.54, 1.807) is 24.8 Å². The Balaban J connectivity index is 1.53. The highest BCUT2D eigenvalue weighted by atomic mass is 16.5. The van der Waals surface area contributed by atoms with Crippen molar-refractivity contribution >= 4 is 5.91 Å². The molecular weight excluding hydrogens is 330 g/mol. The molecule has 0 bridgehead atoms. The van der Waals surface area contributed by atoms with Gasteiger partial charge in [-0.25, -0.2) is 4.98 Å². The minimum atomic E-state index is -0.0718. The number of aromatic nitrogens is 4. The first-order valence-corrected chi connectivity index (χ1v) is 8.48. The monoisotopic (exact) mass is 349 g/mol. The fourth-order valence-electron chi connectivity index (χ4n) is 3.13. The van der Waals surface area contributed by atoms with Crippen LogP contribution >= 0.6 is 0 Å². The summed E-state index contributed by atoms with van der Waals surface area (Å²) in [6.07, 6.45) is 6.80. The molecule has 1 amide bonds. The quantitative estimate of drug-likeness (QED) is 0.722.